The smallest absolute Gasteiger partial charge is 0.325 e. The summed E-state index contributed by atoms with van der Waals surface area (Å²) in [7, 11) is 0. The molecule has 4 amide bonds. The predicted molar refractivity (Wildman–Crippen MR) is 108 cm³/mol. The fourth-order valence-corrected chi connectivity index (χ4v) is 4.68. The lowest BCUT2D eigenvalue weighted by molar-refractivity contribution is -0.136. The van der Waals surface area contributed by atoms with Gasteiger partial charge < -0.3 is 19.7 Å². The molecule has 2 N–H and O–H groups in total. The van der Waals surface area contributed by atoms with Gasteiger partial charge in [0.25, 0.3) is 0 Å². The number of hydrogen-bond acceptors (Lipinski definition) is 7. The van der Waals surface area contributed by atoms with E-state index in [0.29, 0.717) is 23.7 Å². The number of hydrogen-bond donors (Lipinski definition) is 2. The SMILES string of the molecule is O=C(CN1CCCC1C(=O)N1CCSCC1)NC(=O)Nc1ccc2c(c1)OCO2. The van der Waals surface area contributed by atoms with Crippen LogP contribution in [0.1, 0.15) is 12.8 Å². The highest BCUT2D eigenvalue weighted by Crippen LogP contribution is 2.34. The molecule has 2 fully saturated rings. The molecule has 3 aliphatic rings. The number of ether oxygens (including phenoxy) is 2. The van der Waals surface area contributed by atoms with E-state index in [1.807, 2.05) is 21.6 Å². The first-order valence-corrected chi connectivity index (χ1v) is 10.9. The summed E-state index contributed by atoms with van der Waals surface area (Å²) in [4.78, 5) is 41.0. The lowest BCUT2D eigenvalue weighted by atomic mass is 10.2. The molecular formula is C19H24N4O5S. The second-order valence-corrected chi connectivity index (χ2v) is 8.36. The number of anilines is 1. The number of rotatable bonds is 4. The van der Waals surface area contributed by atoms with E-state index in [9.17, 15) is 14.4 Å². The maximum Gasteiger partial charge on any atom is 0.325 e. The van der Waals surface area contributed by atoms with Crippen molar-refractivity contribution < 1.29 is 23.9 Å². The van der Waals surface area contributed by atoms with E-state index in [1.165, 1.54) is 0 Å². The van der Waals surface area contributed by atoms with Crippen LogP contribution in [0.3, 0.4) is 0 Å². The van der Waals surface area contributed by atoms with Crippen LogP contribution in [0.5, 0.6) is 11.5 Å². The molecule has 1 atom stereocenters. The quantitative estimate of drug-likeness (QED) is 0.752. The molecule has 2 saturated heterocycles. The average molecular weight is 420 g/mol. The average Bonchev–Trinajstić information content (AvgIpc) is 3.36. The second-order valence-electron chi connectivity index (χ2n) is 7.14. The third-order valence-corrected chi connectivity index (χ3v) is 6.14. The van der Waals surface area contributed by atoms with E-state index in [2.05, 4.69) is 10.6 Å². The molecule has 3 aliphatic heterocycles. The first kappa shape index (κ1) is 19.8. The molecule has 10 heteroatoms. The third-order valence-electron chi connectivity index (χ3n) is 5.20. The summed E-state index contributed by atoms with van der Waals surface area (Å²) in [6.45, 7) is 2.37. The van der Waals surface area contributed by atoms with Gasteiger partial charge in [-0.3, -0.25) is 19.8 Å². The van der Waals surface area contributed by atoms with Gasteiger partial charge in [0.15, 0.2) is 11.5 Å². The van der Waals surface area contributed by atoms with Gasteiger partial charge >= 0.3 is 6.03 Å². The van der Waals surface area contributed by atoms with Crippen LogP contribution in [0.4, 0.5) is 10.5 Å². The van der Waals surface area contributed by atoms with Crippen LogP contribution in [0, 0.1) is 0 Å². The Bertz CT molecular complexity index is 799. The first-order valence-electron chi connectivity index (χ1n) is 9.71. The van der Waals surface area contributed by atoms with Crippen LogP contribution in [0.25, 0.3) is 0 Å². The normalized spacial score (nSPS) is 21.1. The molecular weight excluding hydrogens is 396 g/mol. The van der Waals surface area contributed by atoms with E-state index in [0.717, 1.165) is 37.4 Å². The van der Waals surface area contributed by atoms with Gasteiger partial charge in [0.1, 0.15) is 0 Å². The molecule has 0 aromatic heterocycles. The Balaban J connectivity index is 1.28. The van der Waals surface area contributed by atoms with Crippen molar-refractivity contribution in [3.8, 4) is 11.5 Å². The lowest BCUT2D eigenvalue weighted by Crippen LogP contribution is -2.51. The van der Waals surface area contributed by atoms with Crippen molar-refractivity contribution in [1.82, 2.24) is 15.1 Å². The van der Waals surface area contributed by atoms with Crippen molar-refractivity contribution in [1.29, 1.82) is 0 Å². The number of carbonyl (C=O) groups is 3. The number of urea groups is 1. The van der Waals surface area contributed by atoms with E-state index < -0.39 is 11.9 Å². The summed E-state index contributed by atoms with van der Waals surface area (Å²) in [5.74, 6) is 2.74. The number of carbonyl (C=O) groups excluding carboxylic acids is 3. The molecule has 3 heterocycles. The summed E-state index contributed by atoms with van der Waals surface area (Å²) >= 11 is 1.85. The van der Waals surface area contributed by atoms with Crippen LogP contribution in [0.2, 0.25) is 0 Å². The standard InChI is InChI=1S/C19H24N4O5S/c24-17(21-19(26)20-13-3-4-15-16(10-13)28-12-27-15)11-23-5-1-2-14(23)18(25)22-6-8-29-9-7-22/h3-4,10,14H,1-2,5-9,11-12H2,(H2,20,21,24,26). The van der Waals surface area contributed by atoms with Crippen molar-refractivity contribution in [3.05, 3.63) is 18.2 Å². The number of likely N-dealkylation sites (tertiary alicyclic amines) is 1. The number of nitrogens with one attached hydrogen (secondary N) is 2. The molecule has 0 bridgehead atoms. The first-order chi connectivity index (χ1) is 14.1. The summed E-state index contributed by atoms with van der Waals surface area (Å²) in [5.41, 5.74) is 0.497. The number of thioether (sulfide) groups is 1. The topological polar surface area (TPSA) is 100 Å². The number of nitrogens with zero attached hydrogens (tertiary/aromatic N) is 2. The number of amides is 4. The van der Waals surface area contributed by atoms with E-state index in [4.69, 9.17) is 9.47 Å². The van der Waals surface area contributed by atoms with Gasteiger partial charge in [0.05, 0.1) is 12.6 Å². The van der Waals surface area contributed by atoms with Crippen molar-refractivity contribution in [2.24, 2.45) is 0 Å². The molecule has 1 unspecified atom stereocenters. The molecule has 0 spiro atoms. The molecule has 1 aromatic rings. The number of fused-ring (bicyclic) bond motifs is 1. The van der Waals surface area contributed by atoms with Gasteiger partial charge in [-0.25, -0.2) is 4.79 Å². The fourth-order valence-electron chi connectivity index (χ4n) is 3.78. The van der Waals surface area contributed by atoms with Gasteiger partial charge in [0.2, 0.25) is 18.6 Å². The maximum absolute atomic E-state index is 12.8. The highest BCUT2D eigenvalue weighted by molar-refractivity contribution is 7.99. The predicted octanol–water partition coefficient (Wildman–Crippen LogP) is 1.10. The van der Waals surface area contributed by atoms with Gasteiger partial charge in [-0.2, -0.15) is 11.8 Å². The van der Waals surface area contributed by atoms with Crippen molar-refractivity contribution in [2.75, 3.05) is 49.8 Å². The van der Waals surface area contributed by atoms with Gasteiger partial charge in [-0.1, -0.05) is 0 Å². The van der Waals surface area contributed by atoms with Crippen molar-refractivity contribution in [2.45, 2.75) is 18.9 Å². The second kappa shape index (κ2) is 8.91. The minimum atomic E-state index is -0.621. The van der Waals surface area contributed by atoms with Crippen molar-refractivity contribution in [3.63, 3.8) is 0 Å². The number of benzene rings is 1. The van der Waals surface area contributed by atoms with E-state index >= 15 is 0 Å². The highest BCUT2D eigenvalue weighted by atomic mass is 32.2. The Morgan fingerprint density at radius 3 is 2.72 bits per heavy atom. The van der Waals surface area contributed by atoms with Gasteiger partial charge in [-0.05, 0) is 31.5 Å². The molecule has 29 heavy (non-hydrogen) atoms. The zero-order valence-electron chi connectivity index (χ0n) is 16.0. The van der Waals surface area contributed by atoms with E-state index in [-0.39, 0.29) is 25.3 Å². The Kier molecular flexibility index (Phi) is 6.10. The third kappa shape index (κ3) is 4.76. The molecule has 156 valence electrons. The summed E-state index contributed by atoms with van der Waals surface area (Å²) in [6, 6.07) is 4.10. The van der Waals surface area contributed by atoms with Crippen LogP contribution < -0.4 is 20.1 Å². The minimum Gasteiger partial charge on any atom is -0.454 e. The highest BCUT2D eigenvalue weighted by Gasteiger charge is 2.35. The minimum absolute atomic E-state index is 0.0214. The largest absolute Gasteiger partial charge is 0.454 e. The lowest BCUT2D eigenvalue weighted by Gasteiger charge is -2.32. The van der Waals surface area contributed by atoms with Gasteiger partial charge in [0, 0.05) is 36.3 Å². The number of imide groups is 1. The van der Waals surface area contributed by atoms with Gasteiger partial charge in [-0.15, -0.1) is 0 Å². The zero-order chi connectivity index (χ0) is 20.2. The fraction of sp³-hybridized carbons (Fsp3) is 0.526. The van der Waals surface area contributed by atoms with E-state index in [1.54, 1.807) is 18.2 Å². The van der Waals surface area contributed by atoms with Crippen LogP contribution in [-0.4, -0.2) is 78.2 Å². The molecule has 0 aliphatic carbocycles. The van der Waals surface area contributed by atoms with Crippen LogP contribution >= 0.6 is 11.8 Å². The van der Waals surface area contributed by atoms with Crippen molar-refractivity contribution >= 4 is 35.3 Å². The molecule has 1 aromatic carbocycles. The molecule has 9 nitrogen and oxygen atoms in total. The monoisotopic (exact) mass is 420 g/mol. The molecule has 4 rings (SSSR count). The Morgan fingerprint density at radius 1 is 1.10 bits per heavy atom. The summed E-state index contributed by atoms with van der Waals surface area (Å²) < 4.78 is 10.5. The summed E-state index contributed by atoms with van der Waals surface area (Å²) in [6.07, 6.45) is 1.62. The Morgan fingerprint density at radius 2 is 1.90 bits per heavy atom. The van der Waals surface area contributed by atoms with Crippen LogP contribution in [-0.2, 0) is 9.59 Å². The Labute approximate surface area is 173 Å². The molecule has 0 radical (unpaired) electrons. The molecule has 0 saturated carbocycles. The zero-order valence-corrected chi connectivity index (χ0v) is 16.8. The summed E-state index contributed by atoms with van der Waals surface area (Å²) in [5, 5.41) is 4.94. The Hall–Kier alpha value is -2.46. The van der Waals surface area contributed by atoms with Crippen LogP contribution in [0.15, 0.2) is 18.2 Å². The maximum atomic E-state index is 12.8.